The van der Waals surface area contributed by atoms with Crippen LogP contribution in [0, 0.1) is 0 Å². The van der Waals surface area contributed by atoms with Crippen LogP contribution in [-0.4, -0.2) is 30.0 Å². The fourth-order valence-electron chi connectivity index (χ4n) is 0.992. The van der Waals surface area contributed by atoms with E-state index in [4.69, 9.17) is 0 Å². The van der Waals surface area contributed by atoms with Gasteiger partial charge in [0.2, 0.25) is 0 Å². The highest BCUT2D eigenvalue weighted by atomic mass is 35.5. The zero-order valence-corrected chi connectivity index (χ0v) is 6.75. The van der Waals surface area contributed by atoms with Gasteiger partial charge in [-0.1, -0.05) is 0 Å². The van der Waals surface area contributed by atoms with Crippen molar-refractivity contribution in [3.05, 3.63) is 0 Å². The van der Waals surface area contributed by atoms with Gasteiger partial charge in [-0.3, -0.25) is 0 Å². The molecule has 0 amide bonds. The third kappa shape index (κ3) is 2.08. The molecule has 1 unspecified atom stereocenters. The zero-order valence-electron chi connectivity index (χ0n) is 5.93. The van der Waals surface area contributed by atoms with Crippen molar-refractivity contribution >= 4 is 12.4 Å². The molecule has 0 spiro atoms. The molecule has 2 atom stereocenters. The molecule has 1 saturated heterocycles. The van der Waals surface area contributed by atoms with E-state index >= 15 is 0 Å². The zero-order chi connectivity index (χ0) is 6.91. The van der Waals surface area contributed by atoms with E-state index in [-0.39, 0.29) is 12.4 Å². The van der Waals surface area contributed by atoms with Crippen LogP contribution in [0.25, 0.3) is 0 Å². The van der Waals surface area contributed by atoms with Crippen LogP contribution in [0.4, 0.5) is 4.39 Å². The minimum absolute atomic E-state index is 0. The molecule has 0 radical (unpaired) electrons. The largest absolute Gasteiger partial charge is 0.386 e. The van der Waals surface area contributed by atoms with Gasteiger partial charge in [0.25, 0.3) is 0 Å². The molecule has 0 aromatic rings. The van der Waals surface area contributed by atoms with Crippen molar-refractivity contribution in [2.45, 2.75) is 25.1 Å². The van der Waals surface area contributed by atoms with Gasteiger partial charge in [-0.15, -0.1) is 12.4 Å². The van der Waals surface area contributed by atoms with E-state index in [1.165, 1.54) is 6.92 Å². The van der Waals surface area contributed by atoms with E-state index in [0.29, 0.717) is 19.5 Å². The molecule has 1 fully saturated rings. The topological polar surface area (TPSA) is 32.3 Å². The Morgan fingerprint density at radius 3 is 2.60 bits per heavy atom. The first-order chi connectivity index (χ1) is 4.13. The maximum atomic E-state index is 12.7. The van der Waals surface area contributed by atoms with Gasteiger partial charge in [-0.05, 0) is 19.9 Å². The number of nitrogens with one attached hydrogen (secondary N) is 1. The second-order valence-corrected chi connectivity index (χ2v) is 2.79. The Bertz CT molecular complexity index is 110. The molecule has 0 aromatic heterocycles. The van der Waals surface area contributed by atoms with Gasteiger partial charge in [0, 0.05) is 6.54 Å². The molecule has 1 heterocycles. The monoisotopic (exact) mass is 169 g/mol. The Hall–Kier alpha value is 0.140. The van der Waals surface area contributed by atoms with E-state index in [2.05, 4.69) is 5.32 Å². The van der Waals surface area contributed by atoms with Crippen LogP contribution in [0.2, 0.25) is 0 Å². The highest BCUT2D eigenvalue weighted by Crippen LogP contribution is 2.18. The lowest BCUT2D eigenvalue weighted by Gasteiger charge is -2.32. The lowest BCUT2D eigenvalue weighted by molar-refractivity contribution is -0.0360. The Morgan fingerprint density at radius 2 is 2.30 bits per heavy atom. The molecule has 2 nitrogen and oxygen atoms in total. The van der Waals surface area contributed by atoms with Crippen LogP contribution in [0.5, 0.6) is 0 Å². The quantitative estimate of drug-likeness (QED) is 0.553. The molecular formula is C6H13ClFNO. The lowest BCUT2D eigenvalue weighted by Crippen LogP contribution is -2.51. The van der Waals surface area contributed by atoms with Crippen LogP contribution < -0.4 is 5.32 Å². The highest BCUT2D eigenvalue weighted by molar-refractivity contribution is 5.85. The second-order valence-electron chi connectivity index (χ2n) is 2.79. The number of β-amino-alcohol motifs (C(OH)–C–C–N with tert-alkyl or cyclic N) is 1. The number of halogens is 2. The Kier molecular flexibility index (Phi) is 3.56. The molecule has 1 aliphatic rings. The number of piperidine rings is 1. The molecule has 1 rings (SSSR count). The van der Waals surface area contributed by atoms with Gasteiger partial charge >= 0.3 is 0 Å². The summed E-state index contributed by atoms with van der Waals surface area (Å²) in [6.07, 6.45) is -0.633. The van der Waals surface area contributed by atoms with Gasteiger partial charge in [-0.25, -0.2) is 4.39 Å². The molecule has 1 aliphatic heterocycles. The van der Waals surface area contributed by atoms with Crippen LogP contribution in [0.1, 0.15) is 13.3 Å². The summed E-state index contributed by atoms with van der Waals surface area (Å²) >= 11 is 0. The van der Waals surface area contributed by atoms with Crippen molar-refractivity contribution in [1.82, 2.24) is 5.32 Å². The average molecular weight is 170 g/mol. The molecule has 0 saturated carbocycles. The second kappa shape index (κ2) is 3.51. The van der Waals surface area contributed by atoms with Crippen molar-refractivity contribution in [2.24, 2.45) is 0 Å². The maximum Gasteiger partial charge on any atom is 0.131 e. The minimum Gasteiger partial charge on any atom is -0.386 e. The first-order valence-electron chi connectivity index (χ1n) is 3.20. The van der Waals surface area contributed by atoms with E-state index in [1.54, 1.807) is 0 Å². The fourth-order valence-corrected chi connectivity index (χ4v) is 0.992. The molecule has 0 bridgehead atoms. The van der Waals surface area contributed by atoms with Gasteiger partial charge in [0.05, 0.1) is 0 Å². The summed E-state index contributed by atoms with van der Waals surface area (Å²) in [5, 5.41) is 12.1. The number of alkyl halides is 1. The Balaban J connectivity index is 0.000000810. The van der Waals surface area contributed by atoms with Gasteiger partial charge in [-0.2, -0.15) is 0 Å². The van der Waals surface area contributed by atoms with E-state index in [0.717, 1.165) is 0 Å². The number of hydrogen-bond acceptors (Lipinski definition) is 2. The molecule has 62 valence electrons. The van der Waals surface area contributed by atoms with Crippen LogP contribution in [-0.2, 0) is 0 Å². The summed E-state index contributed by atoms with van der Waals surface area (Å²) < 4.78 is 12.7. The summed E-state index contributed by atoms with van der Waals surface area (Å²) in [5.74, 6) is 0. The first-order valence-corrected chi connectivity index (χ1v) is 3.20. The van der Waals surface area contributed by atoms with Crippen molar-refractivity contribution in [3.63, 3.8) is 0 Å². The highest BCUT2D eigenvalue weighted by Gasteiger charge is 2.34. The van der Waals surface area contributed by atoms with Crippen LogP contribution in [0.15, 0.2) is 0 Å². The lowest BCUT2D eigenvalue weighted by atomic mass is 9.95. The number of rotatable bonds is 0. The third-order valence-electron chi connectivity index (χ3n) is 1.73. The predicted octanol–water partition coefficient (Wildman–Crippen LogP) is 0.491. The van der Waals surface area contributed by atoms with Gasteiger partial charge < -0.3 is 10.4 Å². The first kappa shape index (κ1) is 10.1. The van der Waals surface area contributed by atoms with Crippen molar-refractivity contribution in [1.29, 1.82) is 0 Å². The van der Waals surface area contributed by atoms with E-state index in [9.17, 15) is 9.50 Å². The molecule has 0 aromatic carbocycles. The third-order valence-corrected chi connectivity index (χ3v) is 1.73. The molecule has 2 N–H and O–H groups in total. The standard InChI is InChI=1S/C6H12FNO.ClH/c1-6(9)4-8-3-2-5(6)7;/h5,8-9H,2-4H2,1H3;1H/t5?,6-;/m0./s1. The van der Waals surface area contributed by atoms with Crippen LogP contribution >= 0.6 is 12.4 Å². The summed E-state index contributed by atoms with van der Waals surface area (Å²) in [4.78, 5) is 0. The summed E-state index contributed by atoms with van der Waals surface area (Å²) in [7, 11) is 0. The van der Waals surface area contributed by atoms with Gasteiger partial charge in [0.1, 0.15) is 11.8 Å². The van der Waals surface area contributed by atoms with Gasteiger partial charge in [0.15, 0.2) is 0 Å². The SMILES string of the molecule is C[C@]1(O)CNCCC1F.Cl. The fraction of sp³-hybridized carbons (Fsp3) is 1.00. The van der Waals surface area contributed by atoms with E-state index in [1.807, 2.05) is 0 Å². The summed E-state index contributed by atoms with van der Waals surface area (Å²) in [6, 6.07) is 0. The molecular weight excluding hydrogens is 157 g/mol. The molecule has 0 aliphatic carbocycles. The predicted molar refractivity (Wildman–Crippen MR) is 40.3 cm³/mol. The maximum absolute atomic E-state index is 12.7. The Labute approximate surface area is 66.2 Å². The number of hydrogen-bond donors (Lipinski definition) is 2. The normalized spacial score (nSPS) is 40.5. The molecule has 10 heavy (non-hydrogen) atoms. The van der Waals surface area contributed by atoms with Crippen LogP contribution in [0.3, 0.4) is 0 Å². The average Bonchev–Trinajstić information content (AvgIpc) is 1.77. The number of aliphatic hydroxyl groups is 1. The van der Waals surface area contributed by atoms with E-state index < -0.39 is 11.8 Å². The van der Waals surface area contributed by atoms with Crippen molar-refractivity contribution in [3.8, 4) is 0 Å². The smallest absolute Gasteiger partial charge is 0.131 e. The molecule has 4 heteroatoms. The van der Waals surface area contributed by atoms with Crippen molar-refractivity contribution in [2.75, 3.05) is 13.1 Å². The summed E-state index contributed by atoms with van der Waals surface area (Å²) in [6.45, 7) is 2.56. The minimum atomic E-state index is -1.14. The summed E-state index contributed by atoms with van der Waals surface area (Å²) in [5.41, 5.74) is -1.14. The van der Waals surface area contributed by atoms with Crippen molar-refractivity contribution < 1.29 is 9.50 Å². The Morgan fingerprint density at radius 1 is 1.70 bits per heavy atom.